The molecule has 118 valence electrons. The van der Waals surface area contributed by atoms with Crippen molar-refractivity contribution in [3.8, 4) is 0 Å². The van der Waals surface area contributed by atoms with Crippen molar-refractivity contribution >= 4 is 14.0 Å². The van der Waals surface area contributed by atoms with Crippen LogP contribution in [0.3, 0.4) is 0 Å². The molecule has 2 aliphatic carbocycles. The Balaban J connectivity index is 1.75. The summed E-state index contributed by atoms with van der Waals surface area (Å²) in [5, 5.41) is 9.14. The van der Waals surface area contributed by atoms with Crippen molar-refractivity contribution in [2.75, 3.05) is 6.16 Å². The number of hydrogen-bond donors (Lipinski definition) is 1. The summed E-state index contributed by atoms with van der Waals surface area (Å²) < 4.78 is 17.6. The Morgan fingerprint density at radius 1 is 1.29 bits per heavy atom. The van der Waals surface area contributed by atoms with Crippen LogP contribution < -0.4 is 0 Å². The molecule has 0 aromatic heterocycles. The standard InChI is InChI=1S/C16H25O4P/c1-12(9-13-5-3-2-4-6-13)20-21(19)11-15(16(17)18)10-14-7-8-14/h10,12-14H,2-9,11H2,1H3/p+1. The Morgan fingerprint density at radius 3 is 2.52 bits per heavy atom. The van der Waals surface area contributed by atoms with Crippen molar-refractivity contribution in [1.29, 1.82) is 0 Å². The zero-order valence-corrected chi connectivity index (χ0v) is 13.7. The summed E-state index contributed by atoms with van der Waals surface area (Å²) in [7, 11) is -1.92. The summed E-state index contributed by atoms with van der Waals surface area (Å²) in [5.41, 5.74) is 0.253. The third-order valence-electron chi connectivity index (χ3n) is 4.32. The van der Waals surface area contributed by atoms with Crippen molar-refractivity contribution in [3.05, 3.63) is 11.6 Å². The molecule has 1 N–H and O–H groups in total. The lowest BCUT2D eigenvalue weighted by molar-refractivity contribution is -0.132. The van der Waals surface area contributed by atoms with Gasteiger partial charge in [-0.3, -0.25) is 0 Å². The molecule has 2 rings (SSSR count). The van der Waals surface area contributed by atoms with E-state index < -0.39 is 14.0 Å². The molecule has 2 aliphatic rings. The van der Waals surface area contributed by atoms with Crippen LogP contribution in [-0.2, 0) is 13.9 Å². The molecule has 0 aromatic rings. The van der Waals surface area contributed by atoms with Gasteiger partial charge in [-0.2, -0.15) is 0 Å². The van der Waals surface area contributed by atoms with E-state index in [1.165, 1.54) is 32.1 Å². The Bertz CT molecular complexity index is 409. The van der Waals surface area contributed by atoms with Gasteiger partial charge in [0, 0.05) is 0 Å². The van der Waals surface area contributed by atoms with E-state index in [4.69, 9.17) is 9.63 Å². The molecule has 0 saturated heterocycles. The number of carboxylic acid groups (broad SMARTS) is 1. The van der Waals surface area contributed by atoms with Gasteiger partial charge >= 0.3 is 14.0 Å². The van der Waals surface area contributed by atoms with Crippen LogP contribution in [0.4, 0.5) is 0 Å². The van der Waals surface area contributed by atoms with E-state index in [1.54, 1.807) is 6.08 Å². The highest BCUT2D eigenvalue weighted by molar-refractivity contribution is 7.39. The summed E-state index contributed by atoms with van der Waals surface area (Å²) in [6, 6.07) is 0. The van der Waals surface area contributed by atoms with E-state index in [1.807, 2.05) is 6.92 Å². The van der Waals surface area contributed by atoms with Crippen molar-refractivity contribution in [1.82, 2.24) is 0 Å². The number of aliphatic carboxylic acids is 1. The Hall–Kier alpha value is -0.730. The van der Waals surface area contributed by atoms with Gasteiger partial charge in [0.15, 0.2) is 0 Å². The Morgan fingerprint density at radius 2 is 1.95 bits per heavy atom. The monoisotopic (exact) mass is 313 g/mol. The second kappa shape index (κ2) is 8.05. The number of carboxylic acids is 1. The van der Waals surface area contributed by atoms with Gasteiger partial charge in [-0.1, -0.05) is 38.2 Å². The molecule has 0 amide bonds. The Labute approximate surface area is 127 Å². The minimum absolute atomic E-state index is 0.0379. The minimum Gasteiger partial charge on any atom is -0.478 e. The molecule has 2 fully saturated rings. The first-order valence-corrected chi connectivity index (χ1v) is 9.46. The third kappa shape index (κ3) is 6.27. The average Bonchev–Trinajstić information content (AvgIpc) is 3.22. The smallest absolute Gasteiger partial charge is 0.478 e. The highest BCUT2D eigenvalue weighted by Gasteiger charge is 2.30. The van der Waals surface area contributed by atoms with E-state index in [0.29, 0.717) is 11.8 Å². The first kappa shape index (κ1) is 16.6. The van der Waals surface area contributed by atoms with Crippen LogP contribution in [0.2, 0.25) is 0 Å². The summed E-state index contributed by atoms with van der Waals surface area (Å²) in [4.78, 5) is 11.1. The molecule has 2 unspecified atom stereocenters. The average molecular weight is 313 g/mol. The van der Waals surface area contributed by atoms with Gasteiger partial charge in [-0.05, 0) is 42.6 Å². The molecule has 0 aliphatic heterocycles. The van der Waals surface area contributed by atoms with Crippen molar-refractivity contribution in [2.24, 2.45) is 11.8 Å². The Kier molecular flexibility index (Phi) is 6.38. The molecule has 21 heavy (non-hydrogen) atoms. The highest BCUT2D eigenvalue weighted by Crippen LogP contribution is 2.36. The van der Waals surface area contributed by atoms with Crippen LogP contribution in [0.15, 0.2) is 11.6 Å². The lowest BCUT2D eigenvalue weighted by Gasteiger charge is -2.22. The van der Waals surface area contributed by atoms with Gasteiger partial charge in [0.2, 0.25) is 6.16 Å². The number of allylic oxidation sites excluding steroid dienone is 1. The van der Waals surface area contributed by atoms with E-state index in [2.05, 4.69) is 0 Å². The quantitative estimate of drug-likeness (QED) is 0.528. The maximum absolute atomic E-state index is 12.0. The molecule has 0 radical (unpaired) electrons. The number of rotatable bonds is 8. The fourth-order valence-electron chi connectivity index (χ4n) is 3.05. The fraction of sp³-hybridized carbons (Fsp3) is 0.812. The minimum atomic E-state index is -1.92. The largest absolute Gasteiger partial charge is 0.513 e. The molecule has 5 heteroatoms. The van der Waals surface area contributed by atoms with Crippen LogP contribution in [-0.4, -0.2) is 23.3 Å². The second-order valence-electron chi connectivity index (χ2n) is 6.48. The predicted octanol–water partition coefficient (Wildman–Crippen LogP) is 4.53. The molecule has 0 bridgehead atoms. The van der Waals surface area contributed by atoms with Gasteiger partial charge in [0.05, 0.1) is 5.57 Å². The fourth-order valence-corrected chi connectivity index (χ4v) is 4.13. The maximum atomic E-state index is 12.0. The predicted molar refractivity (Wildman–Crippen MR) is 82.7 cm³/mol. The van der Waals surface area contributed by atoms with E-state index >= 15 is 0 Å². The third-order valence-corrected chi connectivity index (χ3v) is 5.51. The lowest BCUT2D eigenvalue weighted by atomic mass is 9.86. The number of carbonyl (C=O) groups is 1. The van der Waals surface area contributed by atoms with Gasteiger partial charge in [-0.15, -0.1) is 4.52 Å². The molecule has 2 atom stereocenters. The normalized spacial score (nSPS) is 22.9. The summed E-state index contributed by atoms with van der Waals surface area (Å²) in [6.07, 6.45) is 11.2. The lowest BCUT2D eigenvalue weighted by Crippen LogP contribution is -2.15. The van der Waals surface area contributed by atoms with Crippen LogP contribution in [0, 0.1) is 11.8 Å². The van der Waals surface area contributed by atoms with Gasteiger partial charge < -0.3 is 5.11 Å². The van der Waals surface area contributed by atoms with Crippen LogP contribution in [0.5, 0.6) is 0 Å². The first-order valence-electron chi connectivity index (χ1n) is 8.10. The summed E-state index contributed by atoms with van der Waals surface area (Å²) in [6.45, 7) is 1.95. The molecular weight excluding hydrogens is 287 g/mol. The van der Waals surface area contributed by atoms with E-state index in [-0.39, 0.29) is 17.8 Å². The molecule has 0 aromatic carbocycles. The van der Waals surface area contributed by atoms with Crippen molar-refractivity contribution in [2.45, 2.75) is 64.4 Å². The summed E-state index contributed by atoms with van der Waals surface area (Å²) in [5.74, 6) is 0.0889. The van der Waals surface area contributed by atoms with Gasteiger partial charge in [-0.25, -0.2) is 4.79 Å². The second-order valence-corrected chi connectivity index (χ2v) is 7.67. The molecule has 0 spiro atoms. The number of hydrogen-bond acceptors (Lipinski definition) is 3. The molecular formula is C16H26O4P+. The summed E-state index contributed by atoms with van der Waals surface area (Å²) >= 11 is 0. The van der Waals surface area contributed by atoms with Crippen LogP contribution in [0.1, 0.15) is 58.3 Å². The van der Waals surface area contributed by atoms with Crippen molar-refractivity contribution in [3.63, 3.8) is 0 Å². The van der Waals surface area contributed by atoms with Crippen LogP contribution >= 0.6 is 8.03 Å². The van der Waals surface area contributed by atoms with Gasteiger partial charge in [0.1, 0.15) is 6.10 Å². The zero-order valence-electron chi connectivity index (χ0n) is 12.8. The molecule has 4 nitrogen and oxygen atoms in total. The molecule has 0 heterocycles. The zero-order chi connectivity index (χ0) is 15.2. The van der Waals surface area contributed by atoms with Crippen molar-refractivity contribution < 1.29 is 19.0 Å². The first-order chi connectivity index (χ1) is 10.0. The van der Waals surface area contributed by atoms with E-state index in [0.717, 1.165) is 19.3 Å². The van der Waals surface area contributed by atoms with Gasteiger partial charge in [0.25, 0.3) is 0 Å². The van der Waals surface area contributed by atoms with Crippen LogP contribution in [0.25, 0.3) is 0 Å². The molecule has 2 saturated carbocycles. The highest BCUT2D eigenvalue weighted by atomic mass is 31.1. The SMILES string of the molecule is CC(CC1CCCCC1)O[P+](=O)CC(=CC1CC1)C(=O)O. The maximum Gasteiger partial charge on any atom is 0.513 e. The topological polar surface area (TPSA) is 63.6 Å². The van der Waals surface area contributed by atoms with E-state index in [9.17, 15) is 9.36 Å².